The summed E-state index contributed by atoms with van der Waals surface area (Å²) in [6.07, 6.45) is 5.81. The average molecular weight is 499 g/mol. The molecule has 1 unspecified atom stereocenters. The normalized spacial score (nSPS) is 21.5. The zero-order valence-corrected chi connectivity index (χ0v) is 20.9. The standard InChI is InChI=1S/C27H35FN4O4/c1-3-13-32-22(18-30-14-16-31(17-15-30)25(33)20-7-5-6-8-20)23(26(34)36-4-2)24(29-27(32)35)19-9-11-21(28)12-10-19/h3,9-12,20,24H,1,4-8,13-18H2,2H3,(H,29,35). The molecule has 0 spiro atoms. The van der Waals surface area contributed by atoms with Gasteiger partial charge < -0.3 is 15.0 Å². The van der Waals surface area contributed by atoms with Gasteiger partial charge in [-0.05, 0) is 37.5 Å². The maximum Gasteiger partial charge on any atom is 0.338 e. The lowest BCUT2D eigenvalue weighted by atomic mass is 9.94. The summed E-state index contributed by atoms with van der Waals surface area (Å²) in [5, 5.41) is 2.88. The first-order valence-electron chi connectivity index (χ1n) is 12.8. The van der Waals surface area contributed by atoms with Crippen LogP contribution in [0.3, 0.4) is 0 Å². The second-order valence-corrected chi connectivity index (χ2v) is 9.50. The SMILES string of the molecule is C=CCN1C(=O)NC(c2ccc(F)cc2)C(C(=O)OCC)=C1CN1CCN(C(=O)C2CCCC2)CC1. The van der Waals surface area contributed by atoms with E-state index in [9.17, 15) is 18.8 Å². The van der Waals surface area contributed by atoms with E-state index in [0.29, 0.717) is 49.6 Å². The maximum absolute atomic E-state index is 13.6. The van der Waals surface area contributed by atoms with Crippen LogP contribution in [-0.4, -0.2) is 78.5 Å². The number of carbonyl (C=O) groups excluding carboxylic acids is 3. The summed E-state index contributed by atoms with van der Waals surface area (Å²) in [4.78, 5) is 44.8. The topological polar surface area (TPSA) is 82.2 Å². The number of rotatable bonds is 8. The Kier molecular flexibility index (Phi) is 8.40. The lowest BCUT2D eigenvalue weighted by molar-refractivity contribution is -0.139. The number of amides is 3. The number of nitrogens with zero attached hydrogens (tertiary/aromatic N) is 3. The van der Waals surface area contributed by atoms with E-state index in [-0.39, 0.29) is 31.0 Å². The van der Waals surface area contributed by atoms with Gasteiger partial charge in [-0.3, -0.25) is 14.6 Å². The molecule has 1 aromatic rings. The van der Waals surface area contributed by atoms with Crippen molar-refractivity contribution in [1.29, 1.82) is 0 Å². The molecule has 2 heterocycles. The minimum absolute atomic E-state index is 0.149. The van der Waals surface area contributed by atoms with Gasteiger partial charge in [0.2, 0.25) is 5.91 Å². The fourth-order valence-electron chi connectivity index (χ4n) is 5.32. The van der Waals surface area contributed by atoms with E-state index in [4.69, 9.17) is 4.74 Å². The fourth-order valence-corrected chi connectivity index (χ4v) is 5.32. The molecule has 4 rings (SSSR count). The van der Waals surface area contributed by atoms with Crippen LogP contribution in [0, 0.1) is 11.7 Å². The minimum atomic E-state index is -0.765. The Morgan fingerprint density at radius 3 is 2.42 bits per heavy atom. The third-order valence-corrected chi connectivity index (χ3v) is 7.21. The molecule has 2 fully saturated rings. The molecule has 3 aliphatic rings. The van der Waals surface area contributed by atoms with Crippen molar-refractivity contribution in [2.45, 2.75) is 38.6 Å². The smallest absolute Gasteiger partial charge is 0.338 e. The molecule has 3 amide bonds. The van der Waals surface area contributed by atoms with E-state index in [1.165, 1.54) is 17.0 Å². The van der Waals surface area contributed by atoms with Crippen LogP contribution in [0.2, 0.25) is 0 Å². The van der Waals surface area contributed by atoms with E-state index in [2.05, 4.69) is 16.8 Å². The van der Waals surface area contributed by atoms with Crippen LogP contribution < -0.4 is 5.32 Å². The summed E-state index contributed by atoms with van der Waals surface area (Å²) >= 11 is 0. The van der Waals surface area contributed by atoms with Crippen molar-refractivity contribution in [2.24, 2.45) is 5.92 Å². The first-order valence-corrected chi connectivity index (χ1v) is 12.8. The molecule has 2 aliphatic heterocycles. The van der Waals surface area contributed by atoms with E-state index in [1.54, 1.807) is 25.1 Å². The van der Waals surface area contributed by atoms with Crippen molar-refractivity contribution in [2.75, 3.05) is 45.9 Å². The molecule has 1 atom stereocenters. The number of urea groups is 1. The molecule has 1 aromatic carbocycles. The largest absolute Gasteiger partial charge is 0.463 e. The van der Waals surface area contributed by atoms with Crippen LogP contribution in [0.25, 0.3) is 0 Å². The predicted molar refractivity (Wildman–Crippen MR) is 133 cm³/mol. The van der Waals surface area contributed by atoms with E-state index >= 15 is 0 Å². The number of esters is 1. The van der Waals surface area contributed by atoms with Gasteiger partial charge in [-0.15, -0.1) is 6.58 Å². The zero-order valence-electron chi connectivity index (χ0n) is 20.9. The number of carbonyl (C=O) groups is 3. The second-order valence-electron chi connectivity index (χ2n) is 9.50. The van der Waals surface area contributed by atoms with Crippen molar-refractivity contribution in [3.63, 3.8) is 0 Å². The highest BCUT2D eigenvalue weighted by molar-refractivity contribution is 5.95. The Balaban J connectivity index is 1.61. The third kappa shape index (κ3) is 5.61. The van der Waals surface area contributed by atoms with Crippen LogP contribution in [-0.2, 0) is 14.3 Å². The van der Waals surface area contributed by atoms with Gasteiger partial charge >= 0.3 is 12.0 Å². The summed E-state index contributed by atoms with van der Waals surface area (Å²) in [6, 6.07) is 4.61. The molecule has 9 heteroatoms. The monoisotopic (exact) mass is 498 g/mol. The fraction of sp³-hybridized carbons (Fsp3) is 0.519. The summed E-state index contributed by atoms with van der Waals surface area (Å²) in [5.41, 5.74) is 1.46. The van der Waals surface area contributed by atoms with Crippen LogP contribution in [0.15, 0.2) is 48.2 Å². The van der Waals surface area contributed by atoms with Gasteiger partial charge in [0.1, 0.15) is 5.82 Å². The molecule has 0 bridgehead atoms. The Morgan fingerprint density at radius 2 is 1.81 bits per heavy atom. The molecule has 1 saturated carbocycles. The van der Waals surface area contributed by atoms with Crippen molar-refractivity contribution in [3.05, 3.63) is 59.6 Å². The van der Waals surface area contributed by atoms with E-state index in [0.717, 1.165) is 25.7 Å². The number of piperazine rings is 1. The zero-order chi connectivity index (χ0) is 25.7. The maximum atomic E-state index is 13.6. The number of halogens is 1. The van der Waals surface area contributed by atoms with Gasteiger partial charge in [-0.25, -0.2) is 14.0 Å². The van der Waals surface area contributed by atoms with Crippen molar-refractivity contribution in [3.8, 4) is 0 Å². The van der Waals surface area contributed by atoms with Gasteiger partial charge in [-0.1, -0.05) is 31.1 Å². The highest BCUT2D eigenvalue weighted by Gasteiger charge is 2.39. The van der Waals surface area contributed by atoms with Gasteiger partial charge in [0.25, 0.3) is 0 Å². The number of ether oxygens (including phenoxy) is 1. The van der Waals surface area contributed by atoms with E-state index < -0.39 is 17.8 Å². The Labute approximate surface area is 211 Å². The minimum Gasteiger partial charge on any atom is -0.463 e. The molecule has 1 aliphatic carbocycles. The first-order chi connectivity index (χ1) is 17.4. The highest BCUT2D eigenvalue weighted by atomic mass is 19.1. The Bertz CT molecular complexity index is 1010. The Hall–Kier alpha value is -3.20. The van der Waals surface area contributed by atoms with E-state index in [1.807, 2.05) is 4.90 Å². The summed E-state index contributed by atoms with van der Waals surface area (Å²) in [5.74, 6) is -0.524. The van der Waals surface area contributed by atoms with Crippen LogP contribution in [0.4, 0.5) is 9.18 Å². The number of nitrogens with one attached hydrogen (secondary N) is 1. The first kappa shape index (κ1) is 25.9. The van der Waals surface area contributed by atoms with Gasteiger partial charge in [-0.2, -0.15) is 0 Å². The molecule has 194 valence electrons. The number of benzene rings is 1. The lowest BCUT2D eigenvalue weighted by Crippen LogP contribution is -2.54. The summed E-state index contributed by atoms with van der Waals surface area (Å²) < 4.78 is 19.0. The Morgan fingerprint density at radius 1 is 1.14 bits per heavy atom. The molecule has 36 heavy (non-hydrogen) atoms. The number of hydrogen-bond acceptors (Lipinski definition) is 5. The van der Waals surface area contributed by atoms with Crippen molar-refractivity contribution >= 4 is 17.9 Å². The van der Waals surface area contributed by atoms with Gasteiger partial charge in [0, 0.05) is 50.9 Å². The molecular formula is C27H35FN4O4. The molecular weight excluding hydrogens is 463 g/mol. The van der Waals surface area contributed by atoms with Crippen LogP contribution >= 0.6 is 0 Å². The van der Waals surface area contributed by atoms with Crippen LogP contribution in [0.1, 0.15) is 44.2 Å². The summed E-state index contributed by atoms with van der Waals surface area (Å²) in [7, 11) is 0. The van der Waals surface area contributed by atoms with Crippen molar-refractivity contribution in [1.82, 2.24) is 20.0 Å². The van der Waals surface area contributed by atoms with Gasteiger partial charge in [0.15, 0.2) is 0 Å². The van der Waals surface area contributed by atoms with Gasteiger partial charge in [0.05, 0.1) is 18.2 Å². The molecule has 1 saturated heterocycles. The summed E-state index contributed by atoms with van der Waals surface area (Å²) in [6.45, 7) is 8.77. The second kappa shape index (κ2) is 11.7. The molecule has 0 aromatic heterocycles. The number of hydrogen-bond donors (Lipinski definition) is 1. The van der Waals surface area contributed by atoms with Crippen molar-refractivity contribution < 1.29 is 23.5 Å². The third-order valence-electron chi connectivity index (χ3n) is 7.21. The average Bonchev–Trinajstić information content (AvgIpc) is 3.42. The lowest BCUT2D eigenvalue weighted by Gasteiger charge is -2.40. The molecule has 0 radical (unpaired) electrons. The molecule has 1 N–H and O–H groups in total. The van der Waals surface area contributed by atoms with Crippen LogP contribution in [0.5, 0.6) is 0 Å². The predicted octanol–water partition coefficient (Wildman–Crippen LogP) is 3.23. The highest BCUT2D eigenvalue weighted by Crippen LogP contribution is 2.33. The quantitative estimate of drug-likeness (QED) is 0.440. The molecule has 8 nitrogen and oxygen atoms in total.